The van der Waals surface area contributed by atoms with Gasteiger partial charge in [-0.3, -0.25) is 10.1 Å². The van der Waals surface area contributed by atoms with Gasteiger partial charge in [-0.15, -0.1) is 0 Å². The number of nitro groups is 1. The van der Waals surface area contributed by atoms with E-state index in [1.807, 2.05) is 0 Å². The predicted octanol–water partition coefficient (Wildman–Crippen LogP) is 4.48. The van der Waals surface area contributed by atoms with E-state index in [2.05, 4.69) is 0 Å². The van der Waals surface area contributed by atoms with Crippen LogP contribution >= 0.6 is 23.2 Å². The summed E-state index contributed by atoms with van der Waals surface area (Å²) in [5, 5.41) is 11.8. The number of para-hydroxylation sites is 2. The van der Waals surface area contributed by atoms with Gasteiger partial charge in [-0.05, 0) is 18.2 Å². The van der Waals surface area contributed by atoms with Crippen molar-refractivity contribution in [2.75, 3.05) is 0 Å². The Morgan fingerprint density at radius 1 is 1.16 bits per heavy atom. The maximum Gasteiger partial charge on any atom is 0.310 e. The van der Waals surface area contributed by atoms with Crippen molar-refractivity contribution in [3.05, 3.63) is 68.2 Å². The van der Waals surface area contributed by atoms with Gasteiger partial charge < -0.3 is 4.74 Å². The van der Waals surface area contributed by atoms with Crippen LogP contribution in [-0.4, -0.2) is 4.92 Å². The van der Waals surface area contributed by atoms with Crippen LogP contribution in [0.25, 0.3) is 0 Å². The highest BCUT2D eigenvalue weighted by Crippen LogP contribution is 2.28. The van der Waals surface area contributed by atoms with Crippen molar-refractivity contribution in [3.63, 3.8) is 0 Å². The number of hydrogen-bond acceptors (Lipinski definition) is 3. The monoisotopic (exact) mass is 297 g/mol. The molecule has 0 aliphatic heterocycles. The van der Waals surface area contributed by atoms with Crippen molar-refractivity contribution in [2.24, 2.45) is 0 Å². The number of ether oxygens (including phenoxy) is 1. The second-order valence-electron chi connectivity index (χ2n) is 3.75. The highest BCUT2D eigenvalue weighted by Gasteiger charge is 2.14. The lowest BCUT2D eigenvalue weighted by Gasteiger charge is -2.08. The van der Waals surface area contributed by atoms with Gasteiger partial charge in [0.1, 0.15) is 6.61 Å². The molecule has 0 bridgehead atoms. The van der Waals surface area contributed by atoms with Gasteiger partial charge in [0.05, 0.1) is 4.92 Å². The molecule has 0 unspecified atom stereocenters. The van der Waals surface area contributed by atoms with E-state index < -0.39 is 4.92 Å². The van der Waals surface area contributed by atoms with Crippen molar-refractivity contribution >= 4 is 28.9 Å². The summed E-state index contributed by atoms with van der Waals surface area (Å²) in [6.07, 6.45) is 0. The average Bonchev–Trinajstić information content (AvgIpc) is 2.38. The van der Waals surface area contributed by atoms with E-state index in [1.54, 1.807) is 36.4 Å². The fourth-order valence-corrected chi connectivity index (χ4v) is 1.99. The minimum Gasteiger partial charge on any atom is -0.482 e. The van der Waals surface area contributed by atoms with Crippen molar-refractivity contribution in [2.45, 2.75) is 6.61 Å². The molecule has 0 aromatic heterocycles. The predicted molar refractivity (Wildman–Crippen MR) is 73.9 cm³/mol. The number of halogens is 2. The standard InChI is InChI=1S/C13H9Cl2NO3/c14-10-6-5-9(11(15)7-10)8-19-13-4-2-1-3-12(13)16(17)18/h1-7H,8H2. The molecule has 0 aliphatic rings. The molecule has 0 N–H and O–H groups in total. The zero-order valence-corrected chi connectivity index (χ0v) is 11.2. The lowest BCUT2D eigenvalue weighted by atomic mass is 10.2. The molecule has 6 heteroatoms. The molecule has 0 heterocycles. The molecular formula is C13H9Cl2NO3. The lowest BCUT2D eigenvalue weighted by molar-refractivity contribution is -0.385. The van der Waals surface area contributed by atoms with Crippen molar-refractivity contribution in [3.8, 4) is 5.75 Å². The Balaban J connectivity index is 2.17. The normalized spacial score (nSPS) is 10.2. The first kappa shape index (κ1) is 13.6. The molecular weight excluding hydrogens is 289 g/mol. The minimum atomic E-state index is -0.487. The fourth-order valence-electron chi connectivity index (χ4n) is 1.52. The highest BCUT2D eigenvalue weighted by atomic mass is 35.5. The van der Waals surface area contributed by atoms with Crippen LogP contribution in [0.5, 0.6) is 5.75 Å². The van der Waals surface area contributed by atoms with Gasteiger partial charge in [0.2, 0.25) is 0 Å². The van der Waals surface area contributed by atoms with Gasteiger partial charge in [-0.2, -0.15) is 0 Å². The van der Waals surface area contributed by atoms with Crippen molar-refractivity contribution < 1.29 is 9.66 Å². The molecule has 0 aliphatic carbocycles. The van der Waals surface area contributed by atoms with Crippen LogP contribution in [0, 0.1) is 10.1 Å². The van der Waals surface area contributed by atoms with Crippen LogP contribution in [0.15, 0.2) is 42.5 Å². The van der Waals surface area contributed by atoms with E-state index in [-0.39, 0.29) is 18.0 Å². The first-order valence-electron chi connectivity index (χ1n) is 5.38. The molecule has 0 saturated heterocycles. The fraction of sp³-hybridized carbons (Fsp3) is 0.0769. The van der Waals surface area contributed by atoms with E-state index in [4.69, 9.17) is 27.9 Å². The number of nitro benzene ring substituents is 1. The molecule has 2 rings (SSSR count). The Kier molecular flexibility index (Phi) is 4.24. The Morgan fingerprint density at radius 3 is 2.58 bits per heavy atom. The summed E-state index contributed by atoms with van der Waals surface area (Å²) in [4.78, 5) is 10.3. The van der Waals surface area contributed by atoms with Crippen LogP contribution in [0.2, 0.25) is 10.0 Å². The van der Waals surface area contributed by atoms with Crippen LogP contribution in [0.4, 0.5) is 5.69 Å². The van der Waals surface area contributed by atoms with Crippen LogP contribution < -0.4 is 4.74 Å². The first-order chi connectivity index (χ1) is 9.08. The molecule has 19 heavy (non-hydrogen) atoms. The summed E-state index contributed by atoms with van der Waals surface area (Å²) >= 11 is 11.8. The largest absolute Gasteiger partial charge is 0.482 e. The van der Waals surface area contributed by atoms with E-state index in [0.717, 1.165) is 0 Å². The summed E-state index contributed by atoms with van der Waals surface area (Å²) in [6.45, 7) is 0.140. The zero-order chi connectivity index (χ0) is 13.8. The number of hydrogen-bond donors (Lipinski definition) is 0. The third-order valence-electron chi connectivity index (χ3n) is 2.46. The summed E-state index contributed by atoms with van der Waals surface area (Å²) in [5.74, 6) is 0.207. The third-order valence-corrected chi connectivity index (χ3v) is 3.05. The molecule has 4 nitrogen and oxygen atoms in total. The Bertz CT molecular complexity index is 617. The molecule has 2 aromatic rings. The maximum atomic E-state index is 10.8. The van der Waals surface area contributed by atoms with Crippen LogP contribution in [0.3, 0.4) is 0 Å². The van der Waals surface area contributed by atoms with Crippen molar-refractivity contribution in [1.29, 1.82) is 0 Å². The van der Waals surface area contributed by atoms with Crippen LogP contribution in [0.1, 0.15) is 5.56 Å². The molecule has 0 fully saturated rings. The van der Waals surface area contributed by atoms with Gasteiger partial charge >= 0.3 is 5.69 Å². The molecule has 98 valence electrons. The van der Waals surface area contributed by atoms with Gasteiger partial charge in [-0.1, -0.05) is 41.4 Å². The maximum absolute atomic E-state index is 10.8. The zero-order valence-electron chi connectivity index (χ0n) is 9.68. The molecule has 0 saturated carbocycles. The summed E-state index contributed by atoms with van der Waals surface area (Å²) in [6, 6.07) is 11.2. The number of nitrogens with zero attached hydrogens (tertiary/aromatic N) is 1. The van der Waals surface area contributed by atoms with Gasteiger partial charge in [0.15, 0.2) is 5.75 Å². The first-order valence-corrected chi connectivity index (χ1v) is 6.13. The molecule has 0 atom stereocenters. The lowest BCUT2D eigenvalue weighted by Crippen LogP contribution is -1.99. The van der Waals surface area contributed by atoms with E-state index in [9.17, 15) is 10.1 Å². The van der Waals surface area contributed by atoms with Gasteiger partial charge in [0, 0.05) is 21.7 Å². The highest BCUT2D eigenvalue weighted by molar-refractivity contribution is 6.35. The molecule has 0 spiro atoms. The van der Waals surface area contributed by atoms with Gasteiger partial charge in [0.25, 0.3) is 0 Å². The van der Waals surface area contributed by atoms with Crippen LogP contribution in [-0.2, 0) is 6.61 Å². The van der Waals surface area contributed by atoms with Crippen molar-refractivity contribution in [1.82, 2.24) is 0 Å². The summed E-state index contributed by atoms with van der Waals surface area (Å²) < 4.78 is 5.44. The Labute approximate surface area is 119 Å². The topological polar surface area (TPSA) is 52.4 Å². The quantitative estimate of drug-likeness (QED) is 0.617. The minimum absolute atomic E-state index is 0.0763. The third kappa shape index (κ3) is 3.36. The Hall–Kier alpha value is -1.78. The van der Waals surface area contributed by atoms with E-state index >= 15 is 0 Å². The van der Waals surface area contributed by atoms with Gasteiger partial charge in [-0.25, -0.2) is 0 Å². The SMILES string of the molecule is O=[N+]([O-])c1ccccc1OCc1ccc(Cl)cc1Cl. The Morgan fingerprint density at radius 2 is 1.89 bits per heavy atom. The summed E-state index contributed by atoms with van der Waals surface area (Å²) in [7, 11) is 0. The second-order valence-corrected chi connectivity index (χ2v) is 4.59. The number of benzene rings is 2. The smallest absolute Gasteiger partial charge is 0.310 e. The average molecular weight is 298 g/mol. The molecule has 0 radical (unpaired) electrons. The molecule has 0 amide bonds. The van der Waals surface area contributed by atoms with E-state index in [0.29, 0.717) is 15.6 Å². The second kappa shape index (κ2) is 5.91. The molecule has 2 aromatic carbocycles. The van der Waals surface area contributed by atoms with E-state index in [1.165, 1.54) is 6.07 Å². The summed E-state index contributed by atoms with van der Waals surface area (Å²) in [5.41, 5.74) is 0.636. The number of rotatable bonds is 4.